The minimum atomic E-state index is -0.473. The third-order valence-corrected chi connectivity index (χ3v) is 5.26. The Morgan fingerprint density at radius 3 is 2.31 bits per heavy atom. The van der Waals surface area contributed by atoms with Gasteiger partial charge in [-0.15, -0.1) is 0 Å². The predicted octanol–water partition coefficient (Wildman–Crippen LogP) is 3.31. The van der Waals surface area contributed by atoms with E-state index in [-0.39, 0.29) is 17.7 Å². The molecular formula is C23H22N4O2. The maximum absolute atomic E-state index is 12.0. The zero-order valence-electron chi connectivity index (χ0n) is 15.9. The molecule has 2 aromatic carbocycles. The van der Waals surface area contributed by atoms with Gasteiger partial charge >= 0.3 is 0 Å². The van der Waals surface area contributed by atoms with Crippen LogP contribution in [0.25, 0.3) is 0 Å². The molecule has 29 heavy (non-hydrogen) atoms. The highest BCUT2D eigenvalue weighted by atomic mass is 16.3. The van der Waals surface area contributed by atoms with Crippen molar-refractivity contribution in [1.29, 1.82) is 0 Å². The quantitative estimate of drug-likeness (QED) is 0.683. The molecule has 0 saturated carbocycles. The summed E-state index contributed by atoms with van der Waals surface area (Å²) in [6.45, 7) is 4.50. The summed E-state index contributed by atoms with van der Waals surface area (Å²) >= 11 is 0. The van der Waals surface area contributed by atoms with E-state index < -0.39 is 5.43 Å². The van der Waals surface area contributed by atoms with E-state index in [1.54, 1.807) is 10.9 Å². The van der Waals surface area contributed by atoms with Crippen molar-refractivity contribution < 1.29 is 5.11 Å². The molecule has 0 spiro atoms. The molecule has 1 aliphatic heterocycles. The molecule has 0 amide bonds. The second-order valence-corrected chi connectivity index (χ2v) is 7.03. The molecule has 1 N–H and O–H groups in total. The molecule has 1 aliphatic rings. The van der Waals surface area contributed by atoms with Crippen LogP contribution in [-0.4, -0.2) is 33.0 Å². The van der Waals surface area contributed by atoms with Gasteiger partial charge < -0.3 is 10.0 Å². The number of aromatic nitrogens is 2. The summed E-state index contributed by atoms with van der Waals surface area (Å²) in [5.74, 6) is -0.270. The number of rotatable bonds is 5. The number of hydrogen-bond donors (Lipinski definition) is 1. The van der Waals surface area contributed by atoms with Crippen molar-refractivity contribution in [2.24, 2.45) is 4.99 Å². The Morgan fingerprint density at radius 2 is 1.72 bits per heavy atom. The van der Waals surface area contributed by atoms with Crippen LogP contribution in [-0.2, 0) is 6.54 Å². The fraction of sp³-hybridized carbons (Fsp3) is 0.174. The number of fused-ring (bicyclic) bond motifs is 1. The topological polar surface area (TPSA) is 70.7 Å². The number of aromatic hydroxyl groups is 1. The van der Waals surface area contributed by atoms with E-state index in [2.05, 4.69) is 41.1 Å². The van der Waals surface area contributed by atoms with Crippen molar-refractivity contribution in [3.05, 3.63) is 106 Å². The van der Waals surface area contributed by atoms with Gasteiger partial charge in [-0.25, -0.2) is 0 Å². The smallest absolute Gasteiger partial charge is 0.242 e. The molecule has 6 heteroatoms. The van der Waals surface area contributed by atoms with Gasteiger partial charge in [0.15, 0.2) is 5.75 Å². The fourth-order valence-corrected chi connectivity index (χ4v) is 3.96. The molecule has 146 valence electrons. The minimum Gasteiger partial charge on any atom is -0.503 e. The highest BCUT2D eigenvalue weighted by Gasteiger charge is 2.34. The monoisotopic (exact) mass is 386 g/mol. The lowest BCUT2D eigenvalue weighted by molar-refractivity contribution is 0.206. The molecule has 1 unspecified atom stereocenters. The fourth-order valence-electron chi connectivity index (χ4n) is 3.96. The standard InChI is InChI=1S/C23H22N4O2/c1-24-12-13-26-15-19(27-20(16-26)23(29)21(28)14-25-27)22(17-8-4-2-5-9-17)18-10-6-3-7-11-18/h2-14,19,22,29H,1,15-16H2/b13-12-. The molecule has 0 fully saturated rings. The number of hydrogen-bond acceptors (Lipinski definition) is 5. The van der Waals surface area contributed by atoms with Gasteiger partial charge in [0.2, 0.25) is 5.43 Å². The van der Waals surface area contributed by atoms with Crippen LogP contribution in [0.1, 0.15) is 28.8 Å². The van der Waals surface area contributed by atoms with Crippen molar-refractivity contribution in [3.63, 3.8) is 0 Å². The first-order valence-corrected chi connectivity index (χ1v) is 9.45. The maximum Gasteiger partial charge on any atom is 0.242 e. The van der Waals surface area contributed by atoms with E-state index in [0.29, 0.717) is 18.8 Å². The number of nitrogens with zero attached hydrogens (tertiary/aromatic N) is 4. The second-order valence-electron chi connectivity index (χ2n) is 7.03. The molecule has 0 bridgehead atoms. The summed E-state index contributed by atoms with van der Waals surface area (Å²) in [7, 11) is 0. The number of aliphatic imine (C=N–C) groups is 1. The van der Waals surface area contributed by atoms with Crippen LogP contribution in [0.5, 0.6) is 5.75 Å². The van der Waals surface area contributed by atoms with Crippen molar-refractivity contribution >= 4 is 6.72 Å². The van der Waals surface area contributed by atoms with Gasteiger partial charge in [0.1, 0.15) is 5.69 Å². The molecule has 0 radical (unpaired) electrons. The van der Waals surface area contributed by atoms with Gasteiger partial charge in [-0.2, -0.15) is 5.10 Å². The zero-order valence-corrected chi connectivity index (χ0v) is 15.9. The summed E-state index contributed by atoms with van der Waals surface area (Å²) in [5.41, 5.74) is 2.31. The summed E-state index contributed by atoms with van der Waals surface area (Å²) in [6.07, 6.45) is 4.63. The Bertz CT molecular complexity index is 1040. The molecule has 6 nitrogen and oxygen atoms in total. The van der Waals surface area contributed by atoms with E-state index in [1.807, 2.05) is 47.5 Å². The Hall–Kier alpha value is -3.67. The Kier molecular flexibility index (Phi) is 5.24. The highest BCUT2D eigenvalue weighted by molar-refractivity contribution is 5.36. The lowest BCUT2D eigenvalue weighted by Crippen LogP contribution is -2.40. The Labute approximate surface area is 169 Å². The molecule has 2 heterocycles. The zero-order chi connectivity index (χ0) is 20.2. The molecule has 1 aromatic heterocycles. The van der Waals surface area contributed by atoms with E-state index in [4.69, 9.17) is 0 Å². The normalized spacial score (nSPS) is 16.2. The first-order chi connectivity index (χ1) is 14.2. The van der Waals surface area contributed by atoms with Crippen molar-refractivity contribution in [2.45, 2.75) is 18.5 Å². The van der Waals surface area contributed by atoms with Gasteiger partial charge in [-0.05, 0) is 17.8 Å². The van der Waals surface area contributed by atoms with Gasteiger partial charge in [0.05, 0.1) is 18.8 Å². The predicted molar refractivity (Wildman–Crippen MR) is 113 cm³/mol. The molecule has 0 saturated heterocycles. The second kappa shape index (κ2) is 8.14. The third-order valence-electron chi connectivity index (χ3n) is 5.26. The molecule has 1 atom stereocenters. The molecule has 3 aromatic rings. The van der Waals surface area contributed by atoms with Crippen LogP contribution in [0.3, 0.4) is 0 Å². The van der Waals surface area contributed by atoms with Gasteiger partial charge in [-0.3, -0.25) is 14.5 Å². The summed E-state index contributed by atoms with van der Waals surface area (Å²) < 4.78 is 1.80. The van der Waals surface area contributed by atoms with Gasteiger partial charge in [0.25, 0.3) is 0 Å². The average Bonchev–Trinajstić information content (AvgIpc) is 2.77. The van der Waals surface area contributed by atoms with Crippen LogP contribution < -0.4 is 5.43 Å². The van der Waals surface area contributed by atoms with Crippen LogP contribution in [0, 0.1) is 0 Å². The Morgan fingerprint density at radius 1 is 1.10 bits per heavy atom. The van der Waals surface area contributed by atoms with Crippen LogP contribution >= 0.6 is 0 Å². The van der Waals surface area contributed by atoms with E-state index in [9.17, 15) is 9.90 Å². The van der Waals surface area contributed by atoms with Gasteiger partial charge in [-0.1, -0.05) is 60.7 Å². The number of benzene rings is 2. The van der Waals surface area contributed by atoms with E-state index >= 15 is 0 Å². The summed E-state index contributed by atoms with van der Waals surface area (Å²) in [6, 6.07) is 20.3. The average molecular weight is 386 g/mol. The lowest BCUT2D eigenvalue weighted by atomic mass is 9.84. The van der Waals surface area contributed by atoms with E-state index in [1.165, 1.54) is 6.20 Å². The van der Waals surface area contributed by atoms with Crippen LogP contribution in [0.15, 0.2) is 89.0 Å². The third kappa shape index (κ3) is 3.69. The largest absolute Gasteiger partial charge is 0.503 e. The van der Waals surface area contributed by atoms with Crippen LogP contribution in [0.4, 0.5) is 0 Å². The van der Waals surface area contributed by atoms with Crippen LogP contribution in [0.2, 0.25) is 0 Å². The first-order valence-electron chi connectivity index (χ1n) is 9.45. The lowest BCUT2D eigenvalue weighted by Gasteiger charge is -2.39. The van der Waals surface area contributed by atoms with Crippen molar-refractivity contribution in [1.82, 2.24) is 14.7 Å². The van der Waals surface area contributed by atoms with Crippen molar-refractivity contribution in [2.75, 3.05) is 6.54 Å². The first kappa shape index (κ1) is 18.7. The Balaban J connectivity index is 1.89. The molecular weight excluding hydrogens is 364 g/mol. The maximum atomic E-state index is 12.0. The molecule has 0 aliphatic carbocycles. The molecule has 4 rings (SSSR count). The summed E-state index contributed by atoms with van der Waals surface area (Å²) in [4.78, 5) is 17.9. The highest BCUT2D eigenvalue weighted by Crippen LogP contribution is 2.39. The van der Waals surface area contributed by atoms with Crippen molar-refractivity contribution in [3.8, 4) is 5.75 Å². The SMILES string of the molecule is C=N/C=C\N1Cc2c(O)c(=O)cnn2C(C(c2ccccc2)c2ccccc2)C1. The summed E-state index contributed by atoms with van der Waals surface area (Å²) in [5, 5.41) is 14.9. The van der Waals surface area contributed by atoms with E-state index in [0.717, 1.165) is 11.1 Å². The van der Waals surface area contributed by atoms with Gasteiger partial charge in [0, 0.05) is 24.9 Å². The minimum absolute atomic E-state index is 0.0153.